The molecular formula is C20H23FN2O3. The normalized spacial score (nSPS) is 10.3. The molecule has 0 radical (unpaired) electrons. The van der Waals surface area contributed by atoms with Crippen LogP contribution in [-0.2, 0) is 16.0 Å². The number of rotatable bonds is 8. The van der Waals surface area contributed by atoms with Crippen LogP contribution in [0.25, 0.3) is 0 Å². The SMILES string of the molecule is COc1ccc(NC(=O)CCN(CCc2ccc(F)cc2)C(C)=O)cc1. The number of anilines is 1. The topological polar surface area (TPSA) is 58.6 Å². The monoisotopic (exact) mass is 358 g/mol. The second-order valence-electron chi connectivity index (χ2n) is 5.91. The van der Waals surface area contributed by atoms with Gasteiger partial charge in [0.25, 0.3) is 0 Å². The van der Waals surface area contributed by atoms with Crippen molar-refractivity contribution < 1.29 is 18.7 Å². The molecule has 2 rings (SSSR count). The number of carbonyl (C=O) groups excluding carboxylic acids is 2. The van der Waals surface area contributed by atoms with Crippen molar-refractivity contribution in [2.24, 2.45) is 0 Å². The van der Waals surface area contributed by atoms with Crippen LogP contribution in [-0.4, -0.2) is 36.9 Å². The van der Waals surface area contributed by atoms with Crippen molar-refractivity contribution in [2.45, 2.75) is 19.8 Å². The van der Waals surface area contributed by atoms with Gasteiger partial charge in [-0.2, -0.15) is 0 Å². The third-order valence-electron chi connectivity index (χ3n) is 4.01. The highest BCUT2D eigenvalue weighted by atomic mass is 19.1. The smallest absolute Gasteiger partial charge is 0.226 e. The third-order valence-corrected chi connectivity index (χ3v) is 4.01. The molecule has 0 atom stereocenters. The van der Waals surface area contributed by atoms with Gasteiger partial charge >= 0.3 is 0 Å². The van der Waals surface area contributed by atoms with E-state index in [1.54, 1.807) is 48.4 Å². The predicted octanol–water partition coefficient (Wildman–Crippen LogP) is 3.25. The quantitative estimate of drug-likeness (QED) is 0.788. The van der Waals surface area contributed by atoms with E-state index in [1.165, 1.54) is 19.1 Å². The number of methoxy groups -OCH3 is 1. The number of hydrogen-bond donors (Lipinski definition) is 1. The highest BCUT2D eigenvalue weighted by molar-refractivity contribution is 5.91. The molecular weight excluding hydrogens is 335 g/mol. The van der Waals surface area contributed by atoms with Gasteiger partial charge in [-0.25, -0.2) is 4.39 Å². The Balaban J connectivity index is 1.81. The van der Waals surface area contributed by atoms with Crippen molar-refractivity contribution >= 4 is 17.5 Å². The van der Waals surface area contributed by atoms with Crippen LogP contribution in [0.1, 0.15) is 18.9 Å². The molecule has 5 nitrogen and oxygen atoms in total. The molecule has 0 saturated carbocycles. The molecule has 0 saturated heterocycles. The predicted molar refractivity (Wildman–Crippen MR) is 98.6 cm³/mol. The molecule has 0 spiro atoms. The van der Waals surface area contributed by atoms with Gasteiger partial charge in [-0.3, -0.25) is 9.59 Å². The summed E-state index contributed by atoms with van der Waals surface area (Å²) in [5.41, 5.74) is 1.62. The van der Waals surface area contributed by atoms with Crippen molar-refractivity contribution in [3.63, 3.8) is 0 Å². The summed E-state index contributed by atoms with van der Waals surface area (Å²) in [7, 11) is 1.58. The van der Waals surface area contributed by atoms with E-state index in [4.69, 9.17) is 4.74 Å². The van der Waals surface area contributed by atoms with Crippen LogP contribution in [0.4, 0.5) is 10.1 Å². The first-order valence-corrected chi connectivity index (χ1v) is 8.42. The van der Waals surface area contributed by atoms with Gasteiger partial charge in [0, 0.05) is 32.1 Å². The first-order valence-electron chi connectivity index (χ1n) is 8.42. The number of ether oxygens (including phenoxy) is 1. The second-order valence-corrected chi connectivity index (χ2v) is 5.91. The van der Waals surface area contributed by atoms with E-state index in [2.05, 4.69) is 5.32 Å². The Morgan fingerprint density at radius 2 is 1.69 bits per heavy atom. The molecule has 0 bridgehead atoms. The van der Waals surface area contributed by atoms with Gasteiger partial charge in [0.1, 0.15) is 11.6 Å². The zero-order chi connectivity index (χ0) is 18.9. The van der Waals surface area contributed by atoms with Crippen LogP contribution < -0.4 is 10.1 Å². The van der Waals surface area contributed by atoms with Crippen LogP contribution >= 0.6 is 0 Å². The summed E-state index contributed by atoms with van der Waals surface area (Å²) >= 11 is 0. The number of benzene rings is 2. The molecule has 0 aliphatic rings. The minimum Gasteiger partial charge on any atom is -0.497 e. The summed E-state index contributed by atoms with van der Waals surface area (Å²) in [6.07, 6.45) is 0.814. The van der Waals surface area contributed by atoms with Crippen LogP contribution in [0, 0.1) is 5.82 Å². The molecule has 6 heteroatoms. The highest BCUT2D eigenvalue weighted by Crippen LogP contribution is 2.15. The summed E-state index contributed by atoms with van der Waals surface area (Å²) in [6.45, 7) is 2.29. The lowest BCUT2D eigenvalue weighted by molar-refractivity contribution is -0.129. The molecule has 0 aliphatic heterocycles. The van der Waals surface area contributed by atoms with Gasteiger partial charge in [-0.15, -0.1) is 0 Å². The summed E-state index contributed by atoms with van der Waals surface area (Å²) in [5, 5.41) is 2.79. The summed E-state index contributed by atoms with van der Waals surface area (Å²) in [4.78, 5) is 25.5. The lowest BCUT2D eigenvalue weighted by Gasteiger charge is -2.21. The zero-order valence-corrected chi connectivity index (χ0v) is 15.0. The molecule has 26 heavy (non-hydrogen) atoms. The van der Waals surface area contributed by atoms with Crippen LogP contribution in [0.2, 0.25) is 0 Å². The van der Waals surface area contributed by atoms with Crippen molar-refractivity contribution in [2.75, 3.05) is 25.5 Å². The first-order chi connectivity index (χ1) is 12.5. The minimum absolute atomic E-state index is 0.0932. The number of amides is 2. The van der Waals surface area contributed by atoms with Crippen LogP contribution in [0.3, 0.4) is 0 Å². The Hall–Kier alpha value is -2.89. The second kappa shape index (κ2) is 9.56. The van der Waals surface area contributed by atoms with Crippen LogP contribution in [0.15, 0.2) is 48.5 Å². The van der Waals surface area contributed by atoms with Crippen molar-refractivity contribution in [3.8, 4) is 5.75 Å². The largest absolute Gasteiger partial charge is 0.497 e. The van der Waals surface area contributed by atoms with E-state index in [0.717, 1.165) is 5.56 Å². The maximum Gasteiger partial charge on any atom is 0.226 e. The van der Waals surface area contributed by atoms with E-state index < -0.39 is 0 Å². The Kier molecular flexibility index (Phi) is 7.14. The molecule has 2 aromatic carbocycles. The minimum atomic E-state index is -0.285. The molecule has 0 unspecified atom stereocenters. The highest BCUT2D eigenvalue weighted by Gasteiger charge is 2.11. The van der Waals surface area contributed by atoms with Crippen molar-refractivity contribution in [3.05, 3.63) is 59.9 Å². The van der Waals surface area contributed by atoms with Gasteiger partial charge in [0.15, 0.2) is 0 Å². The Labute approximate surface area is 152 Å². The van der Waals surface area contributed by atoms with Gasteiger partial charge in [0.2, 0.25) is 11.8 Å². The Morgan fingerprint density at radius 1 is 1.04 bits per heavy atom. The molecule has 2 amide bonds. The molecule has 2 aromatic rings. The van der Waals surface area contributed by atoms with Crippen LogP contribution in [0.5, 0.6) is 5.75 Å². The van der Waals surface area contributed by atoms with E-state index in [0.29, 0.717) is 30.9 Å². The number of nitrogens with zero attached hydrogens (tertiary/aromatic N) is 1. The third kappa shape index (κ3) is 6.20. The van der Waals surface area contributed by atoms with E-state index >= 15 is 0 Å². The standard InChI is InChI=1S/C20H23FN2O3/c1-15(24)23(13-11-16-3-5-17(21)6-4-16)14-12-20(25)22-18-7-9-19(26-2)10-8-18/h3-10H,11-14H2,1-2H3,(H,22,25). The molecule has 138 valence electrons. The van der Waals surface area contributed by atoms with E-state index in [-0.39, 0.29) is 24.1 Å². The fourth-order valence-corrected chi connectivity index (χ4v) is 2.48. The van der Waals surface area contributed by atoms with E-state index in [9.17, 15) is 14.0 Å². The molecule has 0 aromatic heterocycles. The van der Waals surface area contributed by atoms with Gasteiger partial charge in [-0.1, -0.05) is 12.1 Å². The van der Waals surface area contributed by atoms with E-state index in [1.807, 2.05) is 0 Å². The zero-order valence-electron chi connectivity index (χ0n) is 15.0. The average molecular weight is 358 g/mol. The maximum atomic E-state index is 12.9. The molecule has 0 fully saturated rings. The molecule has 0 aliphatic carbocycles. The fourth-order valence-electron chi connectivity index (χ4n) is 2.48. The Morgan fingerprint density at radius 3 is 2.27 bits per heavy atom. The molecule has 1 N–H and O–H groups in total. The van der Waals surface area contributed by atoms with Crippen molar-refractivity contribution in [1.82, 2.24) is 4.90 Å². The number of nitrogens with one attached hydrogen (secondary N) is 1. The van der Waals surface area contributed by atoms with Gasteiger partial charge < -0.3 is 15.0 Å². The maximum absolute atomic E-state index is 12.9. The number of carbonyl (C=O) groups is 2. The number of halogens is 1. The van der Waals surface area contributed by atoms with Crippen molar-refractivity contribution in [1.29, 1.82) is 0 Å². The molecule has 0 heterocycles. The summed E-state index contributed by atoms with van der Waals surface area (Å²) in [6, 6.07) is 13.2. The van der Waals surface area contributed by atoms with Gasteiger partial charge in [-0.05, 0) is 48.4 Å². The lowest BCUT2D eigenvalue weighted by Crippen LogP contribution is -2.33. The summed E-state index contributed by atoms with van der Waals surface area (Å²) in [5.74, 6) is 0.173. The average Bonchev–Trinajstić information content (AvgIpc) is 2.63. The Bertz CT molecular complexity index is 730. The summed E-state index contributed by atoms with van der Waals surface area (Å²) < 4.78 is 18.0. The number of hydrogen-bond acceptors (Lipinski definition) is 3. The lowest BCUT2D eigenvalue weighted by atomic mass is 10.1. The fraction of sp³-hybridized carbons (Fsp3) is 0.300. The van der Waals surface area contributed by atoms with Gasteiger partial charge in [0.05, 0.1) is 7.11 Å². The first kappa shape index (κ1) is 19.4.